The first-order chi connectivity index (χ1) is 13.5. The third-order valence-electron chi connectivity index (χ3n) is 4.21. The fraction of sp³-hybridized carbons (Fsp3) is 0.158. The molecular formula is C19H17N3O7. The average molecular weight is 399 g/mol. The number of aromatic hydroxyl groups is 1. The van der Waals surface area contributed by atoms with Gasteiger partial charge >= 0.3 is 11.4 Å². The third kappa shape index (κ3) is 4.61. The minimum Gasteiger partial charge on any atom is -0.497 e. The highest BCUT2D eigenvalue weighted by Gasteiger charge is 2.30. The number of hydrogen-bond acceptors (Lipinski definition) is 7. The van der Waals surface area contributed by atoms with Gasteiger partial charge in [-0.05, 0) is 43.0 Å². The van der Waals surface area contributed by atoms with Crippen LogP contribution in [0.4, 0.5) is 17.1 Å². The van der Waals surface area contributed by atoms with Gasteiger partial charge < -0.3 is 5.11 Å². The smallest absolute Gasteiger partial charge is 0.324 e. The van der Waals surface area contributed by atoms with Crippen molar-refractivity contribution in [3.05, 3.63) is 89.5 Å². The summed E-state index contributed by atoms with van der Waals surface area (Å²) in [6, 6.07) is 11.9. The molecule has 3 rings (SSSR count). The van der Waals surface area contributed by atoms with Gasteiger partial charge in [0.25, 0.3) is 11.4 Å². The van der Waals surface area contributed by atoms with Gasteiger partial charge in [0.15, 0.2) is 0 Å². The van der Waals surface area contributed by atoms with Gasteiger partial charge in [-0.25, -0.2) is 0 Å². The normalized spacial score (nSPS) is 10.2. The van der Waals surface area contributed by atoms with Crippen molar-refractivity contribution in [3.8, 4) is 16.9 Å². The highest BCUT2D eigenvalue weighted by molar-refractivity contribution is 5.72. The van der Waals surface area contributed by atoms with Crippen LogP contribution in [0.5, 0.6) is 5.75 Å². The van der Waals surface area contributed by atoms with Crippen LogP contribution in [0.15, 0.2) is 42.5 Å². The van der Waals surface area contributed by atoms with Crippen molar-refractivity contribution in [2.45, 2.75) is 20.8 Å². The molecule has 0 aliphatic heterocycles. The first-order valence-corrected chi connectivity index (χ1v) is 8.29. The summed E-state index contributed by atoms with van der Waals surface area (Å²) < 4.78 is 0. The number of phenols is 1. The Kier molecular flexibility index (Phi) is 6.07. The Balaban J connectivity index is 0.000000211. The van der Waals surface area contributed by atoms with Crippen LogP contribution >= 0.6 is 0 Å². The molecule has 0 fully saturated rings. The van der Waals surface area contributed by atoms with Crippen LogP contribution in [0.3, 0.4) is 0 Å². The zero-order valence-electron chi connectivity index (χ0n) is 15.8. The van der Waals surface area contributed by atoms with Crippen LogP contribution in [0.25, 0.3) is 11.1 Å². The summed E-state index contributed by atoms with van der Waals surface area (Å²) in [5, 5.41) is 40.2. The number of hydrogen-bond donors (Lipinski definition) is 1. The van der Waals surface area contributed by atoms with Crippen molar-refractivity contribution >= 4 is 17.1 Å². The molecule has 0 radical (unpaired) electrons. The van der Waals surface area contributed by atoms with Crippen molar-refractivity contribution in [1.29, 1.82) is 0 Å². The average Bonchev–Trinajstić information content (AvgIpc) is 3.08. The Morgan fingerprint density at radius 3 is 1.48 bits per heavy atom. The second-order valence-corrected chi connectivity index (χ2v) is 6.36. The Hall–Kier alpha value is -4.08. The highest BCUT2D eigenvalue weighted by Crippen LogP contribution is 2.39. The molecule has 0 heterocycles. The zero-order valence-corrected chi connectivity index (χ0v) is 15.8. The van der Waals surface area contributed by atoms with E-state index in [1.807, 2.05) is 0 Å². The van der Waals surface area contributed by atoms with Gasteiger partial charge in [0.1, 0.15) is 0 Å². The number of rotatable bonds is 3. The van der Waals surface area contributed by atoms with Crippen molar-refractivity contribution < 1.29 is 19.9 Å². The van der Waals surface area contributed by atoms with Crippen molar-refractivity contribution in [2.75, 3.05) is 0 Å². The minimum atomic E-state index is -1.21. The lowest BCUT2D eigenvalue weighted by Crippen LogP contribution is -1.97. The molecule has 2 aliphatic rings. The van der Waals surface area contributed by atoms with E-state index in [9.17, 15) is 30.3 Å². The standard InChI is InChI=1S/C13H14.C6H3N3O7/c1-9-7-10(2)12-5-4-6-13(12)11(3)8-9;10-6-4(8(13)14)1-3(7(11)12)2-5(6)9(15)16/h4-8H,1-3H3;1-2,10H. The van der Waals surface area contributed by atoms with Gasteiger partial charge in [0.05, 0.1) is 26.9 Å². The lowest BCUT2D eigenvalue weighted by atomic mass is 10.1. The molecule has 1 N–H and O–H groups in total. The number of nitrogens with zero attached hydrogens (tertiary/aromatic N) is 3. The number of non-ortho nitro benzene ring substituents is 1. The first kappa shape index (κ1) is 21.2. The minimum absolute atomic E-state index is 0.447. The molecule has 2 aliphatic carbocycles. The topological polar surface area (TPSA) is 150 Å². The Bertz CT molecular complexity index is 1020. The maximum Gasteiger partial charge on any atom is 0.324 e. The summed E-state index contributed by atoms with van der Waals surface area (Å²) in [4.78, 5) is 27.8. The van der Waals surface area contributed by atoms with E-state index in [0.29, 0.717) is 12.1 Å². The molecule has 0 spiro atoms. The molecule has 0 saturated carbocycles. The third-order valence-corrected chi connectivity index (χ3v) is 4.21. The Morgan fingerprint density at radius 2 is 1.14 bits per heavy atom. The maximum atomic E-state index is 10.4. The van der Waals surface area contributed by atoms with E-state index in [-0.39, 0.29) is 0 Å². The number of benzene rings is 1. The van der Waals surface area contributed by atoms with E-state index in [1.165, 1.54) is 27.8 Å². The van der Waals surface area contributed by atoms with Gasteiger partial charge in [0.2, 0.25) is 0 Å². The molecule has 10 heteroatoms. The zero-order chi connectivity index (χ0) is 21.9. The van der Waals surface area contributed by atoms with Crippen LogP contribution in [0.2, 0.25) is 0 Å². The number of nitro benzene ring substituents is 3. The van der Waals surface area contributed by atoms with Gasteiger partial charge in [-0.15, -0.1) is 0 Å². The number of fused-ring (bicyclic) bond motifs is 1. The predicted octanol–water partition coefficient (Wildman–Crippen LogP) is 4.83. The summed E-state index contributed by atoms with van der Waals surface area (Å²) in [5.74, 6) is -1.21. The molecule has 1 aromatic carbocycles. The lowest BCUT2D eigenvalue weighted by molar-refractivity contribution is -0.404. The Morgan fingerprint density at radius 1 is 0.724 bits per heavy atom. The summed E-state index contributed by atoms with van der Waals surface area (Å²) in [6.07, 6.45) is 0. The quantitative estimate of drug-likeness (QED) is 0.489. The molecule has 0 amide bonds. The SMILES string of the molecule is Cc1cc(C)c2cccc-2c(C)c1.O=[N+]([O-])c1cc([N+](=O)[O-])c(O)c([N+](=O)[O-])c1. The molecule has 0 saturated heterocycles. The molecule has 0 aromatic heterocycles. The largest absolute Gasteiger partial charge is 0.497 e. The van der Waals surface area contributed by atoms with Crippen LogP contribution in [0, 0.1) is 51.1 Å². The fourth-order valence-electron chi connectivity index (χ4n) is 2.96. The second kappa shape index (κ2) is 8.30. The molecule has 0 atom stereocenters. The summed E-state index contributed by atoms with van der Waals surface area (Å²) in [7, 11) is 0. The molecule has 1 aromatic rings. The van der Waals surface area contributed by atoms with Crippen LogP contribution < -0.4 is 0 Å². The first-order valence-electron chi connectivity index (χ1n) is 8.29. The summed E-state index contributed by atoms with van der Waals surface area (Å²) >= 11 is 0. The summed E-state index contributed by atoms with van der Waals surface area (Å²) in [5.41, 5.74) is 3.83. The molecule has 0 unspecified atom stereocenters. The molecule has 10 nitrogen and oxygen atoms in total. The van der Waals surface area contributed by atoms with E-state index in [4.69, 9.17) is 5.11 Å². The van der Waals surface area contributed by atoms with E-state index in [2.05, 4.69) is 51.1 Å². The summed E-state index contributed by atoms with van der Waals surface area (Å²) in [6.45, 7) is 6.50. The lowest BCUT2D eigenvalue weighted by Gasteiger charge is -1.98. The van der Waals surface area contributed by atoms with Gasteiger partial charge in [-0.1, -0.05) is 35.9 Å². The van der Waals surface area contributed by atoms with E-state index < -0.39 is 37.6 Å². The van der Waals surface area contributed by atoms with E-state index in [0.717, 1.165) is 0 Å². The highest BCUT2D eigenvalue weighted by atomic mass is 16.6. The fourth-order valence-corrected chi connectivity index (χ4v) is 2.96. The van der Waals surface area contributed by atoms with Crippen LogP contribution in [-0.2, 0) is 0 Å². The molecule has 0 bridgehead atoms. The number of nitro groups is 3. The monoisotopic (exact) mass is 399 g/mol. The second-order valence-electron chi connectivity index (χ2n) is 6.36. The van der Waals surface area contributed by atoms with Crippen LogP contribution in [0.1, 0.15) is 16.7 Å². The van der Waals surface area contributed by atoms with Crippen molar-refractivity contribution in [3.63, 3.8) is 0 Å². The van der Waals surface area contributed by atoms with E-state index in [1.54, 1.807) is 0 Å². The van der Waals surface area contributed by atoms with Gasteiger partial charge in [-0.3, -0.25) is 30.3 Å². The molecule has 29 heavy (non-hydrogen) atoms. The van der Waals surface area contributed by atoms with Crippen LogP contribution in [-0.4, -0.2) is 19.9 Å². The molecular weight excluding hydrogens is 382 g/mol. The predicted molar refractivity (Wildman–Crippen MR) is 105 cm³/mol. The van der Waals surface area contributed by atoms with Gasteiger partial charge in [-0.2, -0.15) is 0 Å². The van der Waals surface area contributed by atoms with Crippen molar-refractivity contribution in [1.82, 2.24) is 0 Å². The van der Waals surface area contributed by atoms with Gasteiger partial charge in [0, 0.05) is 0 Å². The number of aryl methyl sites for hydroxylation is 3. The van der Waals surface area contributed by atoms with E-state index >= 15 is 0 Å². The molecule has 150 valence electrons. The number of phenolic OH excluding ortho intramolecular Hbond substituents is 1. The van der Waals surface area contributed by atoms with Crippen molar-refractivity contribution in [2.24, 2.45) is 0 Å². The maximum absolute atomic E-state index is 10.4. The Labute approximate surface area is 164 Å².